The number of benzene rings is 2. The molecular formula is C16H12N4O3. The number of hydrogen-bond donors (Lipinski definition) is 0. The van der Waals surface area contributed by atoms with Crippen LogP contribution in [-0.2, 0) is 0 Å². The molecule has 0 amide bonds. The quantitative estimate of drug-likeness (QED) is 0.422. The number of fused-ring (bicyclic) bond motifs is 1. The summed E-state index contributed by atoms with van der Waals surface area (Å²) in [5.74, 6) is 0.440. The van der Waals surface area contributed by atoms with E-state index in [1.807, 2.05) is 6.07 Å². The number of hydrogen-bond acceptors (Lipinski definition) is 5. The number of nitro groups is 1. The molecule has 0 N–H and O–H groups in total. The molecule has 0 unspecified atom stereocenters. The van der Waals surface area contributed by atoms with Crippen LogP contribution in [0.2, 0.25) is 0 Å². The second-order valence-corrected chi connectivity index (χ2v) is 4.89. The van der Waals surface area contributed by atoms with Crippen molar-refractivity contribution >= 4 is 22.8 Å². The Morgan fingerprint density at radius 1 is 1.22 bits per heavy atom. The third-order valence-corrected chi connectivity index (χ3v) is 3.32. The molecule has 0 atom stereocenters. The molecule has 0 saturated carbocycles. The second-order valence-electron chi connectivity index (χ2n) is 4.89. The van der Waals surface area contributed by atoms with Gasteiger partial charge in [-0.3, -0.25) is 14.9 Å². The van der Waals surface area contributed by atoms with Crippen LogP contribution in [0.5, 0.6) is 0 Å². The van der Waals surface area contributed by atoms with Crippen molar-refractivity contribution in [3.8, 4) is 0 Å². The summed E-state index contributed by atoms with van der Waals surface area (Å²) < 4.78 is 1.18. The zero-order chi connectivity index (χ0) is 16.4. The molecule has 0 aliphatic carbocycles. The van der Waals surface area contributed by atoms with Gasteiger partial charge in [0, 0.05) is 17.7 Å². The summed E-state index contributed by atoms with van der Waals surface area (Å²) in [6.45, 7) is 1.68. The molecule has 0 bridgehead atoms. The van der Waals surface area contributed by atoms with Gasteiger partial charge in [0.15, 0.2) is 0 Å². The first kappa shape index (κ1) is 14.6. The monoisotopic (exact) mass is 308 g/mol. The summed E-state index contributed by atoms with van der Waals surface area (Å²) in [6.07, 6.45) is 1.40. The highest BCUT2D eigenvalue weighted by molar-refractivity contribution is 5.81. The predicted octanol–water partition coefficient (Wildman–Crippen LogP) is 2.50. The van der Waals surface area contributed by atoms with Crippen LogP contribution in [-0.4, -0.2) is 20.8 Å². The average Bonchev–Trinajstić information content (AvgIpc) is 2.55. The van der Waals surface area contributed by atoms with E-state index in [9.17, 15) is 14.9 Å². The van der Waals surface area contributed by atoms with Crippen molar-refractivity contribution in [1.82, 2.24) is 9.66 Å². The molecule has 23 heavy (non-hydrogen) atoms. The summed E-state index contributed by atoms with van der Waals surface area (Å²) in [7, 11) is 0. The van der Waals surface area contributed by atoms with Gasteiger partial charge in [-0.2, -0.15) is 9.78 Å². The van der Waals surface area contributed by atoms with Gasteiger partial charge in [-0.1, -0.05) is 24.3 Å². The number of nitrogens with zero attached hydrogens (tertiary/aromatic N) is 4. The van der Waals surface area contributed by atoms with Crippen LogP contribution >= 0.6 is 0 Å². The third kappa shape index (κ3) is 2.84. The van der Waals surface area contributed by atoms with Gasteiger partial charge < -0.3 is 0 Å². The zero-order valence-electron chi connectivity index (χ0n) is 12.2. The standard InChI is InChI=1S/C16H12N4O3/c1-11-18-15-8-3-2-7-14(15)16(21)19(11)17-10-12-5-4-6-13(9-12)20(22)23/h2-10H,1H3/b17-10-. The molecule has 1 heterocycles. The van der Waals surface area contributed by atoms with Crippen molar-refractivity contribution in [2.45, 2.75) is 6.92 Å². The Morgan fingerprint density at radius 3 is 2.78 bits per heavy atom. The summed E-state index contributed by atoms with van der Waals surface area (Å²) >= 11 is 0. The van der Waals surface area contributed by atoms with Crippen LogP contribution in [0.1, 0.15) is 11.4 Å². The first-order chi connectivity index (χ1) is 11.1. The Hall–Kier alpha value is -3.35. The van der Waals surface area contributed by atoms with E-state index in [1.54, 1.807) is 37.3 Å². The molecule has 1 aromatic heterocycles. The van der Waals surface area contributed by atoms with E-state index in [0.717, 1.165) is 0 Å². The van der Waals surface area contributed by atoms with E-state index in [2.05, 4.69) is 10.1 Å². The van der Waals surface area contributed by atoms with Crippen molar-refractivity contribution in [2.24, 2.45) is 5.10 Å². The summed E-state index contributed by atoms with van der Waals surface area (Å²) in [5.41, 5.74) is 0.819. The molecule has 3 aromatic rings. The van der Waals surface area contributed by atoms with Crippen molar-refractivity contribution in [3.63, 3.8) is 0 Å². The fraction of sp³-hybridized carbons (Fsp3) is 0.0625. The van der Waals surface area contributed by atoms with Crippen LogP contribution < -0.4 is 5.56 Å². The highest BCUT2D eigenvalue weighted by Crippen LogP contribution is 2.12. The Balaban J connectivity index is 2.06. The number of nitro benzene ring substituents is 1. The van der Waals surface area contributed by atoms with Crippen LogP contribution in [0, 0.1) is 17.0 Å². The molecule has 0 fully saturated rings. The van der Waals surface area contributed by atoms with Gasteiger partial charge in [0.05, 0.1) is 22.0 Å². The molecule has 0 radical (unpaired) electrons. The van der Waals surface area contributed by atoms with Gasteiger partial charge in [-0.15, -0.1) is 0 Å². The van der Waals surface area contributed by atoms with E-state index in [4.69, 9.17) is 0 Å². The van der Waals surface area contributed by atoms with E-state index < -0.39 is 4.92 Å². The van der Waals surface area contributed by atoms with Gasteiger partial charge in [-0.25, -0.2) is 4.98 Å². The fourth-order valence-electron chi connectivity index (χ4n) is 2.21. The van der Waals surface area contributed by atoms with Gasteiger partial charge in [0.2, 0.25) is 0 Å². The maximum Gasteiger partial charge on any atom is 0.282 e. The molecule has 3 rings (SSSR count). The van der Waals surface area contributed by atoms with Crippen LogP contribution in [0.3, 0.4) is 0 Å². The van der Waals surface area contributed by atoms with Crippen molar-refractivity contribution in [1.29, 1.82) is 0 Å². The molecule has 0 spiro atoms. The van der Waals surface area contributed by atoms with E-state index in [0.29, 0.717) is 22.3 Å². The van der Waals surface area contributed by atoms with Crippen molar-refractivity contribution in [3.05, 3.63) is 80.4 Å². The molecule has 0 saturated heterocycles. The summed E-state index contributed by atoms with van der Waals surface area (Å²) in [4.78, 5) is 27.1. The zero-order valence-corrected chi connectivity index (χ0v) is 12.2. The maximum atomic E-state index is 12.4. The minimum Gasteiger partial charge on any atom is -0.267 e. The average molecular weight is 308 g/mol. The summed E-state index contributed by atoms with van der Waals surface area (Å²) in [5, 5.41) is 15.4. The van der Waals surface area contributed by atoms with E-state index in [-0.39, 0.29) is 11.2 Å². The number of aromatic nitrogens is 2. The Kier molecular flexibility index (Phi) is 3.68. The molecule has 0 aliphatic heterocycles. The normalized spacial score (nSPS) is 11.2. The molecule has 7 nitrogen and oxygen atoms in total. The molecule has 114 valence electrons. The van der Waals surface area contributed by atoms with Crippen molar-refractivity contribution in [2.75, 3.05) is 0 Å². The van der Waals surface area contributed by atoms with Gasteiger partial charge in [-0.05, 0) is 19.1 Å². The van der Waals surface area contributed by atoms with Gasteiger partial charge >= 0.3 is 0 Å². The number of para-hydroxylation sites is 1. The van der Waals surface area contributed by atoms with Crippen LogP contribution in [0.25, 0.3) is 10.9 Å². The highest BCUT2D eigenvalue weighted by atomic mass is 16.6. The van der Waals surface area contributed by atoms with Gasteiger partial charge in [0.25, 0.3) is 11.2 Å². The lowest BCUT2D eigenvalue weighted by Crippen LogP contribution is -2.20. The first-order valence-corrected chi connectivity index (χ1v) is 6.83. The Labute approximate surface area is 130 Å². The number of non-ortho nitro benzene ring substituents is 1. The van der Waals surface area contributed by atoms with Crippen LogP contribution in [0.4, 0.5) is 5.69 Å². The molecule has 7 heteroatoms. The third-order valence-electron chi connectivity index (χ3n) is 3.32. The minimum atomic E-state index is -0.480. The van der Waals surface area contributed by atoms with Gasteiger partial charge in [0.1, 0.15) is 5.82 Å². The van der Waals surface area contributed by atoms with E-state index >= 15 is 0 Å². The van der Waals surface area contributed by atoms with E-state index in [1.165, 1.54) is 23.0 Å². The first-order valence-electron chi connectivity index (χ1n) is 6.83. The highest BCUT2D eigenvalue weighted by Gasteiger charge is 2.07. The van der Waals surface area contributed by atoms with Crippen molar-refractivity contribution < 1.29 is 4.92 Å². The predicted molar refractivity (Wildman–Crippen MR) is 86.8 cm³/mol. The smallest absolute Gasteiger partial charge is 0.267 e. The SMILES string of the molecule is Cc1nc2ccccc2c(=O)n1/N=C\c1cccc([N+](=O)[O-])c1. The molecule has 2 aromatic carbocycles. The fourth-order valence-corrected chi connectivity index (χ4v) is 2.21. The van der Waals surface area contributed by atoms with Crippen LogP contribution in [0.15, 0.2) is 58.4 Å². The lowest BCUT2D eigenvalue weighted by molar-refractivity contribution is -0.384. The number of rotatable bonds is 3. The Morgan fingerprint density at radius 2 is 2.00 bits per heavy atom. The largest absolute Gasteiger partial charge is 0.282 e. The number of aryl methyl sites for hydroxylation is 1. The lowest BCUT2D eigenvalue weighted by atomic mass is 10.2. The maximum absolute atomic E-state index is 12.4. The minimum absolute atomic E-state index is 0.0327. The molecular weight excluding hydrogens is 296 g/mol. The topological polar surface area (TPSA) is 90.4 Å². The summed E-state index contributed by atoms with van der Waals surface area (Å²) in [6, 6.07) is 13.0. The Bertz CT molecular complexity index is 992. The molecule has 0 aliphatic rings. The lowest BCUT2D eigenvalue weighted by Gasteiger charge is -2.04. The second kappa shape index (κ2) is 5.80.